The summed E-state index contributed by atoms with van der Waals surface area (Å²) in [5.74, 6) is 0. The van der Waals surface area contributed by atoms with Gasteiger partial charge in [-0.15, -0.1) is 0 Å². The SMILES string of the molecule is Cc1cn([C@@]2(C3O[C@@H](CO)[C@H](O)[C@H]3O)C[C@H](O)[C@@H](CO)O2)c(=O)[nH]c1=O. The summed E-state index contributed by atoms with van der Waals surface area (Å²) in [5.41, 5.74) is -3.12. The molecular formula is C15H22N2O9. The van der Waals surface area contributed by atoms with Gasteiger partial charge < -0.3 is 35.0 Å². The number of aryl methyl sites for hydroxylation is 1. The molecule has 1 aromatic heterocycles. The molecule has 0 aromatic carbocycles. The summed E-state index contributed by atoms with van der Waals surface area (Å²) in [7, 11) is 0. The van der Waals surface area contributed by atoms with Gasteiger partial charge in [0.05, 0.1) is 19.3 Å². The molecule has 2 fully saturated rings. The molecule has 146 valence electrons. The van der Waals surface area contributed by atoms with Gasteiger partial charge in [-0.1, -0.05) is 0 Å². The van der Waals surface area contributed by atoms with E-state index in [1.54, 1.807) is 0 Å². The van der Waals surface area contributed by atoms with Crippen molar-refractivity contribution in [3.63, 3.8) is 0 Å². The number of nitrogens with one attached hydrogen (secondary N) is 1. The first-order valence-electron chi connectivity index (χ1n) is 8.17. The Kier molecular flexibility index (Phi) is 5.05. The molecule has 3 rings (SSSR count). The molecule has 6 N–H and O–H groups in total. The van der Waals surface area contributed by atoms with Gasteiger partial charge in [0.1, 0.15) is 30.5 Å². The normalized spacial score (nSPS) is 40.2. The van der Waals surface area contributed by atoms with Crippen LogP contribution in [-0.4, -0.2) is 84.9 Å². The standard InChI is InChI=1S/C15H22N2O9/c1-6-3-17(14(24)16-13(6)23)15(2-7(20)8(4-18)26-15)12-11(22)10(21)9(5-19)25-12/h3,7-12,18-22H,2,4-5H2,1H3,(H,16,23,24)/t7-,8+,9-,10-,11+,12?,15-/m0/s1. The predicted molar refractivity (Wildman–Crippen MR) is 84.4 cm³/mol. The zero-order valence-electron chi connectivity index (χ0n) is 14.0. The molecule has 26 heavy (non-hydrogen) atoms. The molecule has 2 saturated heterocycles. The van der Waals surface area contributed by atoms with E-state index in [1.807, 2.05) is 0 Å². The number of nitrogens with zero attached hydrogens (tertiary/aromatic N) is 1. The highest BCUT2D eigenvalue weighted by atomic mass is 16.6. The van der Waals surface area contributed by atoms with Gasteiger partial charge in [0, 0.05) is 18.2 Å². The maximum Gasteiger partial charge on any atom is 0.330 e. The van der Waals surface area contributed by atoms with Crippen molar-refractivity contribution in [2.75, 3.05) is 13.2 Å². The lowest BCUT2D eigenvalue weighted by Crippen LogP contribution is -2.56. The van der Waals surface area contributed by atoms with Gasteiger partial charge in [-0.25, -0.2) is 4.79 Å². The second kappa shape index (κ2) is 6.85. The highest BCUT2D eigenvalue weighted by Crippen LogP contribution is 2.43. The van der Waals surface area contributed by atoms with E-state index in [0.29, 0.717) is 0 Å². The molecule has 0 amide bonds. The first-order valence-corrected chi connectivity index (χ1v) is 8.17. The van der Waals surface area contributed by atoms with Crippen LogP contribution in [-0.2, 0) is 15.2 Å². The van der Waals surface area contributed by atoms with Crippen molar-refractivity contribution in [1.82, 2.24) is 9.55 Å². The number of aromatic amines is 1. The second-order valence-electron chi connectivity index (χ2n) is 6.66. The maximum absolute atomic E-state index is 12.4. The molecule has 0 aliphatic carbocycles. The Morgan fingerprint density at radius 1 is 1.19 bits per heavy atom. The van der Waals surface area contributed by atoms with Gasteiger partial charge in [-0.2, -0.15) is 0 Å². The van der Waals surface area contributed by atoms with E-state index in [9.17, 15) is 35.1 Å². The Hall–Kier alpha value is -1.60. The van der Waals surface area contributed by atoms with Gasteiger partial charge in [0.2, 0.25) is 0 Å². The zero-order valence-corrected chi connectivity index (χ0v) is 14.0. The van der Waals surface area contributed by atoms with Crippen molar-refractivity contribution < 1.29 is 35.0 Å². The van der Waals surface area contributed by atoms with Gasteiger partial charge in [-0.3, -0.25) is 14.3 Å². The molecule has 11 nitrogen and oxygen atoms in total. The highest BCUT2D eigenvalue weighted by Gasteiger charge is 2.60. The zero-order chi connectivity index (χ0) is 19.2. The fraction of sp³-hybridized carbons (Fsp3) is 0.733. The van der Waals surface area contributed by atoms with Crippen LogP contribution < -0.4 is 11.2 Å². The van der Waals surface area contributed by atoms with Gasteiger partial charge >= 0.3 is 5.69 Å². The Bertz CT molecular complexity index is 777. The van der Waals surface area contributed by atoms with Crippen molar-refractivity contribution in [2.24, 2.45) is 0 Å². The van der Waals surface area contributed by atoms with Crippen LogP contribution in [0, 0.1) is 6.92 Å². The fourth-order valence-corrected chi connectivity index (χ4v) is 3.57. The van der Waals surface area contributed by atoms with Gasteiger partial charge in [-0.05, 0) is 6.92 Å². The van der Waals surface area contributed by atoms with Crippen LogP contribution in [0.4, 0.5) is 0 Å². The topological polar surface area (TPSA) is 174 Å². The van der Waals surface area contributed by atoms with Crippen molar-refractivity contribution in [3.8, 4) is 0 Å². The molecule has 11 heteroatoms. The highest BCUT2D eigenvalue weighted by molar-refractivity contribution is 5.09. The molecular weight excluding hydrogens is 352 g/mol. The predicted octanol–water partition coefficient (Wildman–Crippen LogP) is -3.88. The van der Waals surface area contributed by atoms with E-state index in [2.05, 4.69) is 4.98 Å². The minimum atomic E-state index is -1.80. The second-order valence-corrected chi connectivity index (χ2v) is 6.66. The number of aromatic nitrogens is 2. The third-order valence-electron chi connectivity index (χ3n) is 4.98. The summed E-state index contributed by atoms with van der Waals surface area (Å²) < 4.78 is 12.2. The molecule has 7 atom stereocenters. The summed E-state index contributed by atoms with van der Waals surface area (Å²) in [6.07, 6.45) is -6.79. The summed E-state index contributed by atoms with van der Waals surface area (Å²) in [4.78, 5) is 26.2. The van der Waals surface area contributed by atoms with Crippen LogP contribution in [0.1, 0.15) is 12.0 Å². The quantitative estimate of drug-likeness (QED) is 0.308. The summed E-state index contributed by atoms with van der Waals surface area (Å²) in [5, 5.41) is 49.4. The van der Waals surface area contributed by atoms with Crippen molar-refractivity contribution in [3.05, 3.63) is 32.6 Å². The lowest BCUT2D eigenvalue weighted by atomic mass is 9.94. The van der Waals surface area contributed by atoms with Crippen molar-refractivity contribution in [2.45, 2.75) is 55.7 Å². The molecule has 1 unspecified atom stereocenters. The number of aliphatic hydroxyl groups is 5. The Morgan fingerprint density at radius 2 is 1.85 bits per heavy atom. The monoisotopic (exact) mass is 374 g/mol. The maximum atomic E-state index is 12.4. The molecule has 1 aromatic rings. The van der Waals surface area contributed by atoms with Crippen molar-refractivity contribution >= 4 is 0 Å². The first kappa shape index (κ1) is 19.2. The summed E-state index contributed by atoms with van der Waals surface area (Å²) in [6.45, 7) is 0.305. The van der Waals surface area contributed by atoms with E-state index in [0.717, 1.165) is 4.57 Å². The number of hydrogen-bond acceptors (Lipinski definition) is 9. The number of H-pyrrole nitrogens is 1. The average Bonchev–Trinajstić information content (AvgIpc) is 3.09. The van der Waals surface area contributed by atoms with Crippen molar-refractivity contribution in [1.29, 1.82) is 0 Å². The Morgan fingerprint density at radius 3 is 2.38 bits per heavy atom. The smallest absolute Gasteiger partial charge is 0.330 e. The van der Waals surface area contributed by atoms with Crippen LogP contribution in [0.15, 0.2) is 15.8 Å². The largest absolute Gasteiger partial charge is 0.394 e. The number of ether oxygens (including phenoxy) is 2. The molecule has 2 aliphatic rings. The molecule has 2 aliphatic heterocycles. The Labute approximate surface area is 147 Å². The molecule has 0 spiro atoms. The number of rotatable bonds is 4. The molecule has 0 radical (unpaired) electrons. The minimum absolute atomic E-state index is 0.168. The van der Waals surface area contributed by atoms with E-state index < -0.39 is 66.8 Å². The Balaban J connectivity index is 2.15. The van der Waals surface area contributed by atoms with E-state index >= 15 is 0 Å². The number of hydrogen-bond donors (Lipinski definition) is 6. The average molecular weight is 374 g/mol. The van der Waals surface area contributed by atoms with Crippen LogP contribution in [0.2, 0.25) is 0 Å². The van der Waals surface area contributed by atoms with Crippen LogP contribution >= 0.6 is 0 Å². The first-order chi connectivity index (χ1) is 12.2. The van der Waals surface area contributed by atoms with Gasteiger partial charge in [0.25, 0.3) is 5.56 Å². The van der Waals surface area contributed by atoms with Gasteiger partial charge in [0.15, 0.2) is 5.72 Å². The lowest BCUT2D eigenvalue weighted by Gasteiger charge is -2.37. The third kappa shape index (κ3) is 2.81. The number of aliphatic hydroxyl groups excluding tert-OH is 5. The van der Waals surface area contributed by atoms with E-state index in [4.69, 9.17) is 9.47 Å². The van der Waals surface area contributed by atoms with E-state index in [1.165, 1.54) is 13.1 Å². The van der Waals surface area contributed by atoms with Crippen LogP contribution in [0.3, 0.4) is 0 Å². The summed E-state index contributed by atoms with van der Waals surface area (Å²) >= 11 is 0. The fourth-order valence-electron chi connectivity index (χ4n) is 3.57. The molecule has 0 bridgehead atoms. The minimum Gasteiger partial charge on any atom is -0.394 e. The van der Waals surface area contributed by atoms with Crippen LogP contribution in [0.5, 0.6) is 0 Å². The summed E-state index contributed by atoms with van der Waals surface area (Å²) in [6, 6.07) is 0. The molecule has 3 heterocycles. The van der Waals surface area contributed by atoms with Crippen LogP contribution in [0.25, 0.3) is 0 Å². The van der Waals surface area contributed by atoms with E-state index in [-0.39, 0.29) is 12.0 Å². The lowest BCUT2D eigenvalue weighted by molar-refractivity contribution is -0.208. The molecule has 0 saturated carbocycles. The third-order valence-corrected chi connectivity index (χ3v) is 4.98.